The standard InChI is InChI=1S/C25H22F6N2O/c26-24(27,28)18-8-4-15(5-9-18)21-13-17(23(34)20-3-1-2-12-32-20)14-22(33-21)16-6-10-19(11-7-16)25(29,30)31/h4-11,13-14,20,23,32,34H,1-3,12H2/t20-,23-/m0/s1. The molecule has 0 saturated carbocycles. The molecule has 1 aliphatic rings. The molecular formula is C25H22F6N2O. The summed E-state index contributed by atoms with van der Waals surface area (Å²) >= 11 is 0. The lowest BCUT2D eigenvalue weighted by atomic mass is 9.93. The van der Waals surface area contributed by atoms with Crippen LogP contribution in [0.25, 0.3) is 22.5 Å². The first-order valence-corrected chi connectivity index (χ1v) is 10.8. The molecule has 1 aliphatic heterocycles. The fraction of sp³-hybridized carbons (Fsp3) is 0.320. The molecule has 180 valence electrons. The highest BCUT2D eigenvalue weighted by atomic mass is 19.4. The Morgan fingerprint density at radius 2 is 1.24 bits per heavy atom. The van der Waals surface area contributed by atoms with Gasteiger partial charge in [0, 0.05) is 17.2 Å². The topological polar surface area (TPSA) is 45.2 Å². The van der Waals surface area contributed by atoms with Gasteiger partial charge in [0.05, 0.1) is 28.6 Å². The van der Waals surface area contributed by atoms with E-state index in [1.807, 2.05) is 0 Å². The largest absolute Gasteiger partial charge is 0.416 e. The van der Waals surface area contributed by atoms with Crippen LogP contribution in [0.3, 0.4) is 0 Å². The minimum absolute atomic E-state index is 0.211. The highest BCUT2D eigenvalue weighted by Gasteiger charge is 2.31. The molecule has 3 aromatic rings. The number of aromatic nitrogens is 1. The van der Waals surface area contributed by atoms with Gasteiger partial charge in [-0.1, -0.05) is 30.7 Å². The van der Waals surface area contributed by atoms with Gasteiger partial charge in [-0.05, 0) is 61.3 Å². The normalized spacial score (nSPS) is 18.0. The van der Waals surface area contributed by atoms with E-state index in [0.29, 0.717) is 28.1 Å². The Bertz CT molecular complexity index is 1040. The molecule has 4 rings (SSSR count). The molecule has 3 nitrogen and oxygen atoms in total. The molecule has 0 unspecified atom stereocenters. The molecule has 2 N–H and O–H groups in total. The average molecular weight is 480 g/mol. The number of rotatable bonds is 4. The predicted octanol–water partition coefficient (Wildman–Crippen LogP) is 6.63. The van der Waals surface area contributed by atoms with Gasteiger partial charge in [0.15, 0.2) is 0 Å². The summed E-state index contributed by atoms with van der Waals surface area (Å²) in [5.74, 6) is 0. The summed E-state index contributed by atoms with van der Waals surface area (Å²) in [6.45, 7) is 0.754. The van der Waals surface area contributed by atoms with Crippen molar-refractivity contribution in [2.45, 2.75) is 43.8 Å². The van der Waals surface area contributed by atoms with Gasteiger partial charge in [0.25, 0.3) is 0 Å². The summed E-state index contributed by atoms with van der Waals surface area (Å²) in [4.78, 5) is 4.49. The molecule has 2 heterocycles. The molecule has 2 aromatic carbocycles. The van der Waals surface area contributed by atoms with Crippen LogP contribution >= 0.6 is 0 Å². The zero-order chi connectivity index (χ0) is 24.5. The maximum absolute atomic E-state index is 13.0. The van der Waals surface area contributed by atoms with Crippen molar-refractivity contribution in [3.63, 3.8) is 0 Å². The number of alkyl halides is 6. The summed E-state index contributed by atoms with van der Waals surface area (Å²) in [7, 11) is 0. The van der Waals surface area contributed by atoms with Gasteiger partial charge in [-0.25, -0.2) is 4.98 Å². The van der Waals surface area contributed by atoms with Crippen LogP contribution in [-0.2, 0) is 12.4 Å². The Labute approximate surface area is 192 Å². The molecule has 9 heteroatoms. The van der Waals surface area contributed by atoms with Crippen molar-refractivity contribution in [1.29, 1.82) is 0 Å². The molecule has 1 aromatic heterocycles. The van der Waals surface area contributed by atoms with Crippen LogP contribution in [0.2, 0.25) is 0 Å². The van der Waals surface area contributed by atoms with Crippen LogP contribution in [-0.4, -0.2) is 22.7 Å². The van der Waals surface area contributed by atoms with Gasteiger partial charge in [-0.3, -0.25) is 0 Å². The number of nitrogens with zero attached hydrogens (tertiary/aromatic N) is 1. The van der Waals surface area contributed by atoms with Crippen LogP contribution in [0.5, 0.6) is 0 Å². The highest BCUT2D eigenvalue weighted by Crippen LogP contribution is 2.35. The lowest BCUT2D eigenvalue weighted by molar-refractivity contribution is -0.138. The molecule has 34 heavy (non-hydrogen) atoms. The van der Waals surface area contributed by atoms with E-state index in [9.17, 15) is 31.4 Å². The van der Waals surface area contributed by atoms with Gasteiger partial charge < -0.3 is 10.4 Å². The van der Waals surface area contributed by atoms with E-state index in [4.69, 9.17) is 0 Å². The summed E-state index contributed by atoms with van der Waals surface area (Å²) in [6, 6.07) is 11.9. The van der Waals surface area contributed by atoms with Crippen molar-refractivity contribution in [2.24, 2.45) is 0 Å². The maximum atomic E-state index is 13.0. The minimum Gasteiger partial charge on any atom is -0.387 e. The fourth-order valence-corrected chi connectivity index (χ4v) is 4.06. The molecule has 2 atom stereocenters. The first-order chi connectivity index (χ1) is 16.0. The number of hydrogen-bond donors (Lipinski definition) is 2. The molecule has 1 saturated heterocycles. The van der Waals surface area contributed by atoms with Crippen molar-refractivity contribution < 1.29 is 31.4 Å². The summed E-state index contributed by atoms with van der Waals surface area (Å²) in [6.07, 6.45) is -7.20. The van der Waals surface area contributed by atoms with Crippen LogP contribution in [0.1, 0.15) is 42.1 Å². The van der Waals surface area contributed by atoms with Gasteiger partial charge in [-0.2, -0.15) is 26.3 Å². The number of halogens is 6. The second-order valence-electron chi connectivity index (χ2n) is 8.32. The van der Waals surface area contributed by atoms with Crippen LogP contribution in [0.4, 0.5) is 26.3 Å². The maximum Gasteiger partial charge on any atom is 0.416 e. The van der Waals surface area contributed by atoms with E-state index in [1.165, 1.54) is 24.3 Å². The van der Waals surface area contributed by atoms with E-state index in [2.05, 4.69) is 10.3 Å². The Hall–Kier alpha value is -2.91. The third-order valence-corrected chi connectivity index (χ3v) is 5.93. The number of aliphatic hydroxyl groups is 1. The zero-order valence-electron chi connectivity index (χ0n) is 17.9. The Balaban J connectivity index is 1.76. The van der Waals surface area contributed by atoms with E-state index in [-0.39, 0.29) is 6.04 Å². The minimum atomic E-state index is -4.48. The number of benzene rings is 2. The molecule has 0 radical (unpaired) electrons. The van der Waals surface area contributed by atoms with Crippen LogP contribution < -0.4 is 5.32 Å². The van der Waals surface area contributed by atoms with E-state index in [0.717, 1.165) is 50.1 Å². The molecule has 0 aliphatic carbocycles. The summed E-state index contributed by atoms with van der Waals surface area (Å²) in [5, 5.41) is 14.3. The van der Waals surface area contributed by atoms with Gasteiger partial charge in [-0.15, -0.1) is 0 Å². The third-order valence-electron chi connectivity index (χ3n) is 5.93. The summed E-state index contributed by atoms with van der Waals surface area (Å²) in [5.41, 5.74) is 0.299. The monoisotopic (exact) mass is 480 g/mol. The smallest absolute Gasteiger partial charge is 0.387 e. The lowest BCUT2D eigenvalue weighted by Gasteiger charge is -2.28. The quantitative estimate of drug-likeness (QED) is 0.412. The van der Waals surface area contributed by atoms with Crippen LogP contribution in [0, 0.1) is 0 Å². The number of nitrogens with one attached hydrogen (secondary N) is 1. The average Bonchev–Trinajstić information content (AvgIpc) is 2.83. The second-order valence-corrected chi connectivity index (χ2v) is 8.32. The number of hydrogen-bond acceptors (Lipinski definition) is 3. The molecular weight excluding hydrogens is 458 g/mol. The van der Waals surface area contributed by atoms with E-state index in [1.54, 1.807) is 12.1 Å². The first kappa shape index (κ1) is 24.2. The second kappa shape index (κ2) is 9.38. The van der Waals surface area contributed by atoms with Crippen LogP contribution in [0.15, 0.2) is 60.7 Å². The number of pyridine rings is 1. The Morgan fingerprint density at radius 3 is 1.62 bits per heavy atom. The molecule has 0 amide bonds. The SMILES string of the molecule is O[C@@H](c1cc(-c2ccc(C(F)(F)F)cc2)nc(-c2ccc(C(F)(F)F)cc2)c1)[C@@H]1CCCCN1. The van der Waals surface area contributed by atoms with Crippen molar-refractivity contribution in [3.8, 4) is 22.5 Å². The lowest BCUT2D eigenvalue weighted by Crippen LogP contribution is -2.38. The first-order valence-electron chi connectivity index (χ1n) is 10.8. The van der Waals surface area contributed by atoms with E-state index < -0.39 is 29.6 Å². The predicted molar refractivity (Wildman–Crippen MR) is 116 cm³/mol. The number of piperidine rings is 1. The van der Waals surface area contributed by atoms with Crippen molar-refractivity contribution in [1.82, 2.24) is 10.3 Å². The van der Waals surface area contributed by atoms with Gasteiger partial charge in [0.2, 0.25) is 0 Å². The highest BCUT2D eigenvalue weighted by molar-refractivity contribution is 5.68. The van der Waals surface area contributed by atoms with E-state index >= 15 is 0 Å². The number of aliphatic hydroxyl groups excluding tert-OH is 1. The van der Waals surface area contributed by atoms with Crippen molar-refractivity contribution in [2.75, 3.05) is 6.54 Å². The van der Waals surface area contributed by atoms with Crippen molar-refractivity contribution in [3.05, 3.63) is 77.4 Å². The summed E-state index contributed by atoms with van der Waals surface area (Å²) < 4.78 is 77.8. The van der Waals surface area contributed by atoms with Gasteiger partial charge in [0.1, 0.15) is 0 Å². The zero-order valence-corrected chi connectivity index (χ0v) is 17.9. The fourth-order valence-electron chi connectivity index (χ4n) is 4.06. The van der Waals surface area contributed by atoms with Gasteiger partial charge >= 0.3 is 12.4 Å². The molecule has 1 fully saturated rings. The Kier molecular flexibility index (Phi) is 6.69. The molecule has 0 bridgehead atoms. The van der Waals surface area contributed by atoms with Crippen molar-refractivity contribution >= 4 is 0 Å². The molecule has 0 spiro atoms. The third kappa shape index (κ3) is 5.42. The Morgan fingerprint density at radius 1 is 0.765 bits per heavy atom.